The van der Waals surface area contributed by atoms with Gasteiger partial charge < -0.3 is 10.4 Å². The second-order valence-corrected chi connectivity index (χ2v) is 6.49. The molecule has 0 fully saturated rings. The molecular formula is C17H18FNO3S. The SMILES string of the molecule is CC(CCc1ccccc1F)C(=O)NCc1ccc(C(=O)O)s1. The second-order valence-electron chi connectivity index (χ2n) is 5.32. The monoisotopic (exact) mass is 335 g/mol. The Labute approximate surface area is 138 Å². The quantitative estimate of drug-likeness (QED) is 0.814. The van der Waals surface area contributed by atoms with Crippen molar-refractivity contribution in [3.63, 3.8) is 0 Å². The summed E-state index contributed by atoms with van der Waals surface area (Å²) in [7, 11) is 0. The third-order valence-electron chi connectivity index (χ3n) is 3.56. The fourth-order valence-electron chi connectivity index (χ4n) is 2.14. The van der Waals surface area contributed by atoms with Crippen LogP contribution in [-0.2, 0) is 17.8 Å². The fraction of sp³-hybridized carbons (Fsp3) is 0.294. The van der Waals surface area contributed by atoms with Gasteiger partial charge in [-0.05, 0) is 36.6 Å². The van der Waals surface area contributed by atoms with E-state index in [9.17, 15) is 14.0 Å². The van der Waals surface area contributed by atoms with Gasteiger partial charge in [-0.2, -0.15) is 0 Å². The molecule has 0 aliphatic heterocycles. The lowest BCUT2D eigenvalue weighted by Crippen LogP contribution is -2.28. The van der Waals surface area contributed by atoms with Crippen LogP contribution < -0.4 is 5.32 Å². The first-order valence-corrected chi connectivity index (χ1v) is 8.12. The van der Waals surface area contributed by atoms with Gasteiger partial charge in [0, 0.05) is 10.8 Å². The number of hydrogen-bond acceptors (Lipinski definition) is 3. The number of thiophene rings is 1. The van der Waals surface area contributed by atoms with E-state index in [1.807, 2.05) is 0 Å². The Kier molecular flexibility index (Phi) is 5.87. The summed E-state index contributed by atoms with van der Waals surface area (Å²) in [6.07, 6.45) is 1.06. The lowest BCUT2D eigenvalue weighted by atomic mass is 10.00. The van der Waals surface area contributed by atoms with Crippen molar-refractivity contribution in [2.24, 2.45) is 5.92 Å². The van der Waals surface area contributed by atoms with E-state index < -0.39 is 5.97 Å². The smallest absolute Gasteiger partial charge is 0.345 e. The predicted octanol–water partition coefficient (Wildman–Crippen LogP) is 3.47. The molecule has 0 saturated carbocycles. The number of carbonyl (C=O) groups excluding carboxylic acids is 1. The molecule has 0 saturated heterocycles. The van der Waals surface area contributed by atoms with Crippen molar-refractivity contribution in [3.8, 4) is 0 Å². The Hall–Kier alpha value is -2.21. The molecule has 23 heavy (non-hydrogen) atoms. The lowest BCUT2D eigenvalue weighted by molar-refractivity contribution is -0.124. The van der Waals surface area contributed by atoms with Crippen molar-refractivity contribution in [2.45, 2.75) is 26.3 Å². The zero-order valence-electron chi connectivity index (χ0n) is 12.7. The number of aromatic carboxylic acids is 1. The maximum atomic E-state index is 13.5. The van der Waals surface area contributed by atoms with Crippen molar-refractivity contribution in [3.05, 3.63) is 57.5 Å². The Bertz CT molecular complexity index is 699. The normalized spacial score (nSPS) is 11.9. The third kappa shape index (κ3) is 4.89. The average molecular weight is 335 g/mol. The van der Waals surface area contributed by atoms with E-state index in [4.69, 9.17) is 5.11 Å². The van der Waals surface area contributed by atoms with E-state index in [0.717, 1.165) is 16.2 Å². The van der Waals surface area contributed by atoms with Crippen LogP contribution in [0.3, 0.4) is 0 Å². The lowest BCUT2D eigenvalue weighted by Gasteiger charge is -2.12. The van der Waals surface area contributed by atoms with Crippen molar-refractivity contribution in [1.82, 2.24) is 5.32 Å². The van der Waals surface area contributed by atoms with Gasteiger partial charge in [-0.25, -0.2) is 9.18 Å². The molecule has 2 aromatic rings. The van der Waals surface area contributed by atoms with Gasteiger partial charge in [0.2, 0.25) is 5.91 Å². The van der Waals surface area contributed by atoms with E-state index >= 15 is 0 Å². The predicted molar refractivity (Wildman–Crippen MR) is 87.0 cm³/mol. The van der Waals surface area contributed by atoms with Crippen LogP contribution in [-0.4, -0.2) is 17.0 Å². The fourth-order valence-corrected chi connectivity index (χ4v) is 2.93. The summed E-state index contributed by atoms with van der Waals surface area (Å²) in [4.78, 5) is 23.9. The average Bonchev–Trinajstić information content (AvgIpc) is 3.00. The number of aryl methyl sites for hydroxylation is 1. The Morgan fingerprint density at radius 2 is 2.00 bits per heavy atom. The topological polar surface area (TPSA) is 66.4 Å². The Morgan fingerprint density at radius 1 is 1.26 bits per heavy atom. The van der Waals surface area contributed by atoms with E-state index in [1.54, 1.807) is 31.2 Å². The van der Waals surface area contributed by atoms with Crippen LogP contribution in [0.15, 0.2) is 36.4 Å². The number of carbonyl (C=O) groups is 2. The second kappa shape index (κ2) is 7.87. The molecule has 1 amide bonds. The van der Waals surface area contributed by atoms with Gasteiger partial charge in [0.15, 0.2) is 0 Å². The maximum absolute atomic E-state index is 13.5. The number of amides is 1. The molecule has 1 unspecified atom stereocenters. The summed E-state index contributed by atoms with van der Waals surface area (Å²) in [5.74, 6) is -1.58. The van der Waals surface area contributed by atoms with Crippen molar-refractivity contribution < 1.29 is 19.1 Å². The van der Waals surface area contributed by atoms with Gasteiger partial charge in [-0.1, -0.05) is 25.1 Å². The maximum Gasteiger partial charge on any atom is 0.345 e. The first-order chi connectivity index (χ1) is 11.0. The Morgan fingerprint density at radius 3 is 2.65 bits per heavy atom. The van der Waals surface area contributed by atoms with Crippen molar-refractivity contribution in [2.75, 3.05) is 0 Å². The highest BCUT2D eigenvalue weighted by Gasteiger charge is 2.14. The zero-order valence-corrected chi connectivity index (χ0v) is 13.5. The minimum absolute atomic E-state index is 0.119. The molecule has 0 bridgehead atoms. The Balaban J connectivity index is 1.80. The number of benzene rings is 1. The first kappa shape index (κ1) is 17.1. The highest BCUT2D eigenvalue weighted by atomic mass is 32.1. The minimum Gasteiger partial charge on any atom is -0.477 e. The van der Waals surface area contributed by atoms with E-state index in [2.05, 4.69) is 5.32 Å². The van der Waals surface area contributed by atoms with Gasteiger partial charge in [-0.15, -0.1) is 11.3 Å². The summed E-state index contributed by atoms with van der Waals surface area (Å²) in [5.41, 5.74) is 0.608. The van der Waals surface area contributed by atoms with Crippen LogP contribution in [0, 0.1) is 11.7 Å². The minimum atomic E-state index is -0.967. The van der Waals surface area contributed by atoms with Crippen LogP contribution in [0.25, 0.3) is 0 Å². The van der Waals surface area contributed by atoms with E-state index in [1.165, 1.54) is 12.1 Å². The summed E-state index contributed by atoms with van der Waals surface area (Å²) in [5, 5.41) is 11.6. The van der Waals surface area contributed by atoms with E-state index in [-0.39, 0.29) is 22.5 Å². The summed E-state index contributed by atoms with van der Waals surface area (Å²) >= 11 is 1.14. The molecule has 2 N–H and O–H groups in total. The number of rotatable bonds is 7. The van der Waals surface area contributed by atoms with E-state index in [0.29, 0.717) is 24.9 Å². The molecule has 1 heterocycles. The van der Waals surface area contributed by atoms with Gasteiger partial charge in [-0.3, -0.25) is 4.79 Å². The van der Waals surface area contributed by atoms with Crippen LogP contribution in [0.5, 0.6) is 0 Å². The molecule has 0 spiro atoms. The molecule has 122 valence electrons. The highest BCUT2D eigenvalue weighted by molar-refractivity contribution is 7.13. The zero-order chi connectivity index (χ0) is 16.8. The highest BCUT2D eigenvalue weighted by Crippen LogP contribution is 2.17. The molecule has 1 atom stereocenters. The molecule has 0 aliphatic rings. The first-order valence-electron chi connectivity index (χ1n) is 7.30. The van der Waals surface area contributed by atoms with Gasteiger partial charge in [0.25, 0.3) is 0 Å². The number of hydrogen-bond donors (Lipinski definition) is 2. The summed E-state index contributed by atoms with van der Waals surface area (Å²) in [6, 6.07) is 9.77. The summed E-state index contributed by atoms with van der Waals surface area (Å²) in [6.45, 7) is 2.11. The standard InChI is InChI=1S/C17H18FNO3S/c1-11(6-7-12-4-2-3-5-14(12)18)16(20)19-10-13-8-9-15(23-13)17(21)22/h2-5,8-9,11H,6-7,10H2,1H3,(H,19,20)(H,21,22). The van der Waals surface area contributed by atoms with Gasteiger partial charge in [0.05, 0.1) is 6.54 Å². The number of carboxylic acid groups (broad SMARTS) is 1. The molecule has 0 radical (unpaired) electrons. The van der Waals surface area contributed by atoms with Crippen molar-refractivity contribution in [1.29, 1.82) is 0 Å². The van der Waals surface area contributed by atoms with Crippen LogP contribution in [0.4, 0.5) is 4.39 Å². The molecule has 2 rings (SSSR count). The molecule has 6 heteroatoms. The summed E-state index contributed by atoms with van der Waals surface area (Å²) < 4.78 is 13.5. The molecule has 1 aromatic heterocycles. The number of nitrogens with one attached hydrogen (secondary N) is 1. The van der Waals surface area contributed by atoms with Crippen molar-refractivity contribution >= 4 is 23.2 Å². The number of halogens is 1. The van der Waals surface area contributed by atoms with Crippen LogP contribution in [0.1, 0.15) is 33.5 Å². The van der Waals surface area contributed by atoms with Crippen LogP contribution in [0.2, 0.25) is 0 Å². The third-order valence-corrected chi connectivity index (χ3v) is 4.63. The molecule has 0 aliphatic carbocycles. The number of carboxylic acids is 1. The molecular weight excluding hydrogens is 317 g/mol. The van der Waals surface area contributed by atoms with Crippen LogP contribution >= 0.6 is 11.3 Å². The van der Waals surface area contributed by atoms with Gasteiger partial charge >= 0.3 is 5.97 Å². The molecule has 1 aromatic carbocycles. The molecule has 4 nitrogen and oxygen atoms in total. The largest absolute Gasteiger partial charge is 0.477 e. The van der Waals surface area contributed by atoms with Gasteiger partial charge in [0.1, 0.15) is 10.7 Å².